The molecule has 4 heteroatoms. The van der Waals surface area contributed by atoms with Gasteiger partial charge in [-0.25, -0.2) is 0 Å². The molecule has 1 saturated heterocycles. The summed E-state index contributed by atoms with van der Waals surface area (Å²) in [7, 11) is 2.11. The summed E-state index contributed by atoms with van der Waals surface area (Å²) < 4.78 is 5.41. The third kappa shape index (κ3) is 3.45. The van der Waals surface area contributed by atoms with Gasteiger partial charge in [-0.1, -0.05) is 18.2 Å². The van der Waals surface area contributed by atoms with Crippen LogP contribution in [-0.2, 0) is 11.3 Å². The van der Waals surface area contributed by atoms with Crippen LogP contribution in [-0.4, -0.2) is 51.3 Å². The molecule has 0 amide bonds. The Balaban J connectivity index is 2.09. The molecule has 0 aliphatic carbocycles. The molecule has 0 spiro atoms. The highest BCUT2D eigenvalue weighted by Gasteiger charge is 2.14. The SMILES string of the molecule is CN(CCN)Cc1ccccc1N1CCOCC1. The fourth-order valence-electron chi connectivity index (χ4n) is 2.35. The van der Waals surface area contributed by atoms with Gasteiger partial charge in [-0.15, -0.1) is 0 Å². The molecular weight excluding hydrogens is 226 g/mol. The first-order chi connectivity index (χ1) is 8.81. The molecule has 4 nitrogen and oxygen atoms in total. The minimum Gasteiger partial charge on any atom is -0.378 e. The highest BCUT2D eigenvalue weighted by molar-refractivity contribution is 5.53. The maximum Gasteiger partial charge on any atom is 0.0642 e. The van der Waals surface area contributed by atoms with Crippen LogP contribution in [0.3, 0.4) is 0 Å². The molecule has 100 valence electrons. The van der Waals surface area contributed by atoms with Gasteiger partial charge in [-0.05, 0) is 18.7 Å². The third-order valence-electron chi connectivity index (χ3n) is 3.29. The van der Waals surface area contributed by atoms with Crippen LogP contribution < -0.4 is 10.6 Å². The van der Waals surface area contributed by atoms with Crippen LogP contribution in [0, 0.1) is 0 Å². The fourth-order valence-corrected chi connectivity index (χ4v) is 2.35. The van der Waals surface area contributed by atoms with Gasteiger partial charge in [0.2, 0.25) is 0 Å². The van der Waals surface area contributed by atoms with Crippen molar-refractivity contribution in [3.05, 3.63) is 29.8 Å². The normalized spacial score (nSPS) is 16.3. The van der Waals surface area contributed by atoms with Crippen molar-refractivity contribution in [3.63, 3.8) is 0 Å². The Morgan fingerprint density at radius 1 is 1.28 bits per heavy atom. The van der Waals surface area contributed by atoms with Gasteiger partial charge in [-0.2, -0.15) is 0 Å². The minimum absolute atomic E-state index is 0.705. The zero-order valence-corrected chi connectivity index (χ0v) is 11.1. The molecule has 2 rings (SSSR count). The van der Waals surface area contributed by atoms with E-state index in [0.717, 1.165) is 39.4 Å². The van der Waals surface area contributed by atoms with Crippen molar-refractivity contribution >= 4 is 5.69 Å². The molecular formula is C14H23N3O. The van der Waals surface area contributed by atoms with Crippen molar-refractivity contribution in [2.24, 2.45) is 5.73 Å². The predicted molar refractivity (Wildman–Crippen MR) is 74.9 cm³/mol. The van der Waals surface area contributed by atoms with Crippen molar-refractivity contribution in [2.75, 3.05) is 51.3 Å². The van der Waals surface area contributed by atoms with Crippen molar-refractivity contribution in [1.82, 2.24) is 4.90 Å². The molecule has 1 fully saturated rings. The minimum atomic E-state index is 0.705. The standard InChI is InChI=1S/C14H23N3O/c1-16(7-6-15)12-13-4-2-3-5-14(13)17-8-10-18-11-9-17/h2-5H,6-12,15H2,1H3. The second-order valence-corrected chi connectivity index (χ2v) is 4.75. The number of nitrogens with two attached hydrogens (primary N) is 1. The summed E-state index contributed by atoms with van der Waals surface area (Å²) in [6, 6.07) is 8.63. The lowest BCUT2D eigenvalue weighted by atomic mass is 10.1. The second kappa shape index (κ2) is 6.73. The molecule has 0 aromatic heterocycles. The Morgan fingerprint density at radius 2 is 2.00 bits per heavy atom. The second-order valence-electron chi connectivity index (χ2n) is 4.75. The highest BCUT2D eigenvalue weighted by Crippen LogP contribution is 2.22. The van der Waals surface area contributed by atoms with Gasteiger partial charge in [0.05, 0.1) is 13.2 Å². The summed E-state index contributed by atoms with van der Waals surface area (Å²) >= 11 is 0. The molecule has 2 N–H and O–H groups in total. The number of nitrogens with zero attached hydrogens (tertiary/aromatic N) is 2. The zero-order chi connectivity index (χ0) is 12.8. The topological polar surface area (TPSA) is 41.7 Å². The molecule has 0 unspecified atom stereocenters. The van der Waals surface area contributed by atoms with E-state index in [2.05, 4.69) is 41.1 Å². The molecule has 1 aromatic carbocycles. The van der Waals surface area contributed by atoms with Crippen LogP contribution in [0.4, 0.5) is 5.69 Å². The Hall–Kier alpha value is -1.10. The van der Waals surface area contributed by atoms with Crippen LogP contribution in [0.25, 0.3) is 0 Å². The van der Waals surface area contributed by atoms with E-state index in [-0.39, 0.29) is 0 Å². The predicted octanol–water partition coefficient (Wildman–Crippen LogP) is 0.914. The number of benzene rings is 1. The maximum absolute atomic E-state index is 5.60. The molecule has 1 aliphatic rings. The van der Waals surface area contributed by atoms with E-state index in [1.165, 1.54) is 11.3 Å². The molecule has 0 radical (unpaired) electrons. The van der Waals surface area contributed by atoms with Crippen LogP contribution in [0.15, 0.2) is 24.3 Å². The van der Waals surface area contributed by atoms with Crippen LogP contribution in [0.5, 0.6) is 0 Å². The lowest BCUT2D eigenvalue weighted by Gasteiger charge is -2.31. The quantitative estimate of drug-likeness (QED) is 0.842. The molecule has 0 saturated carbocycles. The van der Waals surface area contributed by atoms with Gasteiger partial charge in [0.1, 0.15) is 0 Å². The maximum atomic E-state index is 5.60. The number of hydrogen-bond acceptors (Lipinski definition) is 4. The lowest BCUT2D eigenvalue weighted by molar-refractivity contribution is 0.122. The average Bonchev–Trinajstić information content (AvgIpc) is 2.40. The molecule has 1 aromatic rings. The number of likely N-dealkylation sites (N-methyl/N-ethyl adjacent to an activating group) is 1. The molecule has 1 heterocycles. The van der Waals surface area contributed by atoms with Crippen molar-refractivity contribution in [1.29, 1.82) is 0 Å². The third-order valence-corrected chi connectivity index (χ3v) is 3.29. The summed E-state index contributed by atoms with van der Waals surface area (Å²) in [5.74, 6) is 0. The monoisotopic (exact) mass is 249 g/mol. The Labute approximate surface area is 109 Å². The Bertz CT molecular complexity index is 364. The first kappa shape index (κ1) is 13.3. The van der Waals surface area contributed by atoms with Gasteiger partial charge >= 0.3 is 0 Å². The van der Waals surface area contributed by atoms with E-state index >= 15 is 0 Å². The van der Waals surface area contributed by atoms with Gasteiger partial charge < -0.3 is 20.3 Å². The molecule has 0 atom stereocenters. The van der Waals surface area contributed by atoms with Crippen LogP contribution >= 0.6 is 0 Å². The summed E-state index contributed by atoms with van der Waals surface area (Å²) in [5, 5.41) is 0. The molecule has 18 heavy (non-hydrogen) atoms. The number of morpholine rings is 1. The van der Waals surface area contributed by atoms with Crippen LogP contribution in [0.2, 0.25) is 0 Å². The van der Waals surface area contributed by atoms with Gasteiger partial charge in [0, 0.05) is 38.4 Å². The van der Waals surface area contributed by atoms with E-state index in [4.69, 9.17) is 10.5 Å². The lowest BCUT2D eigenvalue weighted by Crippen LogP contribution is -2.37. The van der Waals surface area contributed by atoms with E-state index in [1.54, 1.807) is 0 Å². The summed E-state index contributed by atoms with van der Waals surface area (Å²) in [6.07, 6.45) is 0. The van der Waals surface area contributed by atoms with Crippen molar-refractivity contribution in [3.8, 4) is 0 Å². The van der Waals surface area contributed by atoms with Crippen molar-refractivity contribution in [2.45, 2.75) is 6.54 Å². The van der Waals surface area contributed by atoms with Gasteiger partial charge in [0.15, 0.2) is 0 Å². The fraction of sp³-hybridized carbons (Fsp3) is 0.571. The summed E-state index contributed by atoms with van der Waals surface area (Å²) in [4.78, 5) is 4.67. The zero-order valence-electron chi connectivity index (χ0n) is 11.1. The number of para-hydroxylation sites is 1. The number of hydrogen-bond donors (Lipinski definition) is 1. The van der Waals surface area contributed by atoms with E-state index in [9.17, 15) is 0 Å². The molecule has 1 aliphatic heterocycles. The van der Waals surface area contributed by atoms with Crippen LogP contribution in [0.1, 0.15) is 5.56 Å². The first-order valence-electron chi connectivity index (χ1n) is 6.60. The van der Waals surface area contributed by atoms with Gasteiger partial charge in [-0.3, -0.25) is 0 Å². The average molecular weight is 249 g/mol. The largest absolute Gasteiger partial charge is 0.378 e. The summed E-state index contributed by atoms with van der Waals surface area (Å²) in [5.41, 5.74) is 8.30. The van der Waals surface area contributed by atoms with Gasteiger partial charge in [0.25, 0.3) is 0 Å². The number of anilines is 1. The number of ether oxygens (including phenoxy) is 1. The Kier molecular flexibility index (Phi) is 4.99. The van der Waals surface area contributed by atoms with E-state index in [0.29, 0.717) is 6.54 Å². The van der Waals surface area contributed by atoms with Crippen molar-refractivity contribution < 1.29 is 4.74 Å². The smallest absolute Gasteiger partial charge is 0.0642 e. The molecule has 0 bridgehead atoms. The van der Waals surface area contributed by atoms with E-state index < -0.39 is 0 Å². The van der Waals surface area contributed by atoms with E-state index in [1.807, 2.05) is 0 Å². The summed E-state index contributed by atoms with van der Waals surface area (Å²) in [6.45, 7) is 6.20. The highest BCUT2D eigenvalue weighted by atomic mass is 16.5. The first-order valence-corrected chi connectivity index (χ1v) is 6.60. The number of rotatable bonds is 5. The Morgan fingerprint density at radius 3 is 2.72 bits per heavy atom.